The smallest absolute Gasteiger partial charge is 0.0954 e. The number of rotatable bonds is 4. The monoisotopic (exact) mass is 236 g/mol. The summed E-state index contributed by atoms with van der Waals surface area (Å²) in [4.78, 5) is 4.56. The van der Waals surface area contributed by atoms with E-state index in [1.165, 1.54) is 5.01 Å². The van der Waals surface area contributed by atoms with Gasteiger partial charge >= 0.3 is 0 Å². The first-order chi connectivity index (χ1) is 7.65. The number of anilines is 1. The van der Waals surface area contributed by atoms with Crippen LogP contribution in [0.5, 0.6) is 0 Å². The normalized spacial score (nSPS) is 11.0. The molecule has 0 fully saturated rings. The zero-order valence-corrected chi connectivity index (χ0v) is 10.6. The predicted molar refractivity (Wildman–Crippen MR) is 66.7 cm³/mol. The number of aromatic nitrogens is 3. The molecule has 2 aromatic rings. The molecular formula is C11H16N4S. The lowest BCUT2D eigenvalue weighted by Gasteiger charge is -2.00. The molecule has 0 aliphatic carbocycles. The molecule has 4 nitrogen and oxygen atoms in total. The van der Waals surface area contributed by atoms with Crippen LogP contribution in [0.15, 0.2) is 17.8 Å². The van der Waals surface area contributed by atoms with Crippen LogP contribution in [0, 0.1) is 0 Å². The lowest BCUT2D eigenvalue weighted by molar-refractivity contribution is 0.768. The van der Waals surface area contributed by atoms with Crippen molar-refractivity contribution in [3.63, 3.8) is 0 Å². The van der Waals surface area contributed by atoms with Gasteiger partial charge in [-0.1, -0.05) is 13.8 Å². The third-order valence-electron chi connectivity index (χ3n) is 2.24. The van der Waals surface area contributed by atoms with Crippen molar-refractivity contribution in [1.82, 2.24) is 14.8 Å². The topological polar surface area (TPSA) is 42.7 Å². The van der Waals surface area contributed by atoms with Crippen molar-refractivity contribution in [1.29, 1.82) is 0 Å². The van der Waals surface area contributed by atoms with Crippen molar-refractivity contribution in [2.45, 2.75) is 26.3 Å². The minimum atomic E-state index is 0.511. The summed E-state index contributed by atoms with van der Waals surface area (Å²) >= 11 is 1.73. The van der Waals surface area contributed by atoms with Gasteiger partial charge in [0.2, 0.25) is 0 Å². The highest BCUT2D eigenvalue weighted by molar-refractivity contribution is 7.09. The predicted octanol–water partition coefficient (Wildman–Crippen LogP) is 2.61. The Balaban J connectivity index is 1.94. The number of nitrogens with one attached hydrogen (secondary N) is 1. The van der Waals surface area contributed by atoms with Gasteiger partial charge in [-0.25, -0.2) is 4.98 Å². The van der Waals surface area contributed by atoms with Crippen molar-refractivity contribution in [2.24, 2.45) is 7.05 Å². The zero-order valence-electron chi connectivity index (χ0n) is 9.77. The van der Waals surface area contributed by atoms with Gasteiger partial charge in [-0.15, -0.1) is 11.3 Å². The Morgan fingerprint density at radius 3 is 2.88 bits per heavy atom. The molecule has 0 unspecified atom stereocenters. The molecule has 0 radical (unpaired) electrons. The molecule has 16 heavy (non-hydrogen) atoms. The molecule has 86 valence electrons. The average Bonchev–Trinajstić information content (AvgIpc) is 2.83. The van der Waals surface area contributed by atoms with E-state index in [9.17, 15) is 0 Å². The number of hydrogen-bond acceptors (Lipinski definition) is 4. The van der Waals surface area contributed by atoms with Crippen LogP contribution in [0.1, 0.15) is 30.5 Å². The summed E-state index contributed by atoms with van der Waals surface area (Å²) in [6, 6.07) is 0. The first-order valence-electron chi connectivity index (χ1n) is 5.32. The summed E-state index contributed by atoms with van der Waals surface area (Å²) in [7, 11) is 1.91. The lowest BCUT2D eigenvalue weighted by atomic mass is 10.2. The van der Waals surface area contributed by atoms with Crippen LogP contribution in [-0.2, 0) is 13.6 Å². The largest absolute Gasteiger partial charge is 0.377 e. The van der Waals surface area contributed by atoms with Crippen LogP contribution in [0.25, 0.3) is 0 Å². The van der Waals surface area contributed by atoms with E-state index in [1.54, 1.807) is 16.0 Å². The summed E-state index contributed by atoms with van der Waals surface area (Å²) in [6.07, 6.45) is 3.77. The molecule has 0 aliphatic heterocycles. The van der Waals surface area contributed by atoms with Crippen molar-refractivity contribution in [3.8, 4) is 0 Å². The number of thiazole rings is 1. The van der Waals surface area contributed by atoms with E-state index in [0.29, 0.717) is 5.92 Å². The molecule has 2 heterocycles. The highest BCUT2D eigenvalue weighted by atomic mass is 32.1. The van der Waals surface area contributed by atoms with Gasteiger partial charge in [0.15, 0.2) is 0 Å². The van der Waals surface area contributed by atoms with Crippen LogP contribution in [-0.4, -0.2) is 14.8 Å². The molecule has 1 N–H and O–H groups in total. The molecule has 0 spiro atoms. The standard InChI is InChI=1S/C11H16N4S/c1-8(2)11-14-10(7-16-11)4-12-9-5-13-15(3)6-9/h5-8,12H,4H2,1-3H3. The molecule has 0 atom stereocenters. The Morgan fingerprint density at radius 1 is 1.50 bits per heavy atom. The van der Waals surface area contributed by atoms with Crippen molar-refractivity contribution < 1.29 is 0 Å². The summed E-state index contributed by atoms with van der Waals surface area (Å²) in [5.41, 5.74) is 2.12. The molecule has 0 amide bonds. The molecule has 2 aromatic heterocycles. The van der Waals surface area contributed by atoms with Gasteiger partial charge in [0.05, 0.1) is 29.1 Å². The van der Waals surface area contributed by atoms with Gasteiger partial charge < -0.3 is 5.32 Å². The molecule has 2 rings (SSSR count). The molecule has 0 bridgehead atoms. The van der Waals surface area contributed by atoms with Crippen molar-refractivity contribution in [3.05, 3.63) is 28.5 Å². The SMILES string of the molecule is CC(C)c1nc(CNc2cnn(C)c2)cs1. The second-order valence-corrected chi connectivity index (χ2v) is 4.98. The highest BCUT2D eigenvalue weighted by Crippen LogP contribution is 2.19. The Kier molecular flexibility index (Phi) is 3.24. The molecule has 0 aromatic carbocycles. The molecule has 0 saturated heterocycles. The lowest BCUT2D eigenvalue weighted by Crippen LogP contribution is -1.99. The first-order valence-corrected chi connectivity index (χ1v) is 6.20. The minimum absolute atomic E-state index is 0.511. The Hall–Kier alpha value is -1.36. The third kappa shape index (κ3) is 2.61. The number of nitrogens with zero attached hydrogens (tertiary/aromatic N) is 3. The van der Waals surface area contributed by atoms with Crippen LogP contribution in [0.4, 0.5) is 5.69 Å². The van der Waals surface area contributed by atoms with E-state index in [4.69, 9.17) is 0 Å². The fraction of sp³-hybridized carbons (Fsp3) is 0.455. The maximum Gasteiger partial charge on any atom is 0.0954 e. The van der Waals surface area contributed by atoms with Crippen LogP contribution >= 0.6 is 11.3 Å². The van der Waals surface area contributed by atoms with Crippen molar-refractivity contribution in [2.75, 3.05) is 5.32 Å². The van der Waals surface area contributed by atoms with E-state index in [1.807, 2.05) is 19.4 Å². The molecule has 0 aliphatic rings. The fourth-order valence-electron chi connectivity index (χ4n) is 1.37. The summed E-state index contributed by atoms with van der Waals surface area (Å²) in [6.45, 7) is 5.09. The highest BCUT2D eigenvalue weighted by Gasteiger charge is 2.05. The second-order valence-electron chi connectivity index (χ2n) is 4.09. The van der Waals surface area contributed by atoms with Gasteiger partial charge in [-0.3, -0.25) is 4.68 Å². The number of aryl methyl sites for hydroxylation is 1. The summed E-state index contributed by atoms with van der Waals surface area (Å²) < 4.78 is 1.78. The van der Waals surface area contributed by atoms with E-state index >= 15 is 0 Å². The van der Waals surface area contributed by atoms with Crippen LogP contribution < -0.4 is 5.32 Å². The molecule has 5 heteroatoms. The summed E-state index contributed by atoms with van der Waals surface area (Å²) in [5, 5.41) is 10.7. The average molecular weight is 236 g/mol. The van der Waals surface area contributed by atoms with Gasteiger partial charge in [0, 0.05) is 24.5 Å². The fourth-order valence-corrected chi connectivity index (χ4v) is 2.21. The zero-order chi connectivity index (χ0) is 11.5. The van der Waals surface area contributed by atoms with E-state index < -0.39 is 0 Å². The maximum absolute atomic E-state index is 4.56. The summed E-state index contributed by atoms with van der Waals surface area (Å²) in [5.74, 6) is 0.511. The van der Waals surface area contributed by atoms with Gasteiger partial charge in [0.25, 0.3) is 0 Å². The quantitative estimate of drug-likeness (QED) is 0.887. The Bertz CT molecular complexity index is 458. The third-order valence-corrected chi connectivity index (χ3v) is 3.44. The minimum Gasteiger partial charge on any atom is -0.377 e. The van der Waals surface area contributed by atoms with Gasteiger partial charge in [-0.05, 0) is 0 Å². The van der Waals surface area contributed by atoms with E-state index in [2.05, 4.69) is 34.6 Å². The van der Waals surface area contributed by atoms with Crippen LogP contribution in [0.2, 0.25) is 0 Å². The maximum atomic E-state index is 4.56. The van der Waals surface area contributed by atoms with E-state index in [0.717, 1.165) is 17.9 Å². The Labute approximate surface area is 99.3 Å². The Morgan fingerprint density at radius 2 is 2.31 bits per heavy atom. The van der Waals surface area contributed by atoms with Gasteiger partial charge in [-0.2, -0.15) is 5.10 Å². The molecular weight excluding hydrogens is 220 g/mol. The van der Waals surface area contributed by atoms with Gasteiger partial charge in [0.1, 0.15) is 0 Å². The van der Waals surface area contributed by atoms with Crippen LogP contribution in [0.3, 0.4) is 0 Å². The van der Waals surface area contributed by atoms with E-state index in [-0.39, 0.29) is 0 Å². The number of hydrogen-bond donors (Lipinski definition) is 1. The van der Waals surface area contributed by atoms with Crippen molar-refractivity contribution >= 4 is 17.0 Å². The second kappa shape index (κ2) is 4.65. The molecule has 0 saturated carbocycles. The first kappa shape index (κ1) is 11.1.